The van der Waals surface area contributed by atoms with Gasteiger partial charge in [-0.05, 0) is 62.7 Å². The molecule has 0 aromatic carbocycles. The zero-order chi connectivity index (χ0) is 17.1. The summed E-state index contributed by atoms with van der Waals surface area (Å²) >= 11 is 0. The first-order valence-corrected chi connectivity index (χ1v) is 9.47. The molecule has 0 amide bonds. The fraction of sp³-hybridized carbons (Fsp3) is 0.550. The van der Waals surface area contributed by atoms with Gasteiger partial charge in [0.15, 0.2) is 0 Å². The van der Waals surface area contributed by atoms with E-state index in [0.717, 1.165) is 23.7 Å². The molecule has 0 bridgehead atoms. The van der Waals surface area contributed by atoms with Crippen LogP contribution in [0.1, 0.15) is 32.1 Å². The van der Waals surface area contributed by atoms with E-state index < -0.39 is 0 Å². The highest BCUT2D eigenvalue weighted by Gasteiger charge is 2.24. The molecule has 1 saturated heterocycles. The summed E-state index contributed by atoms with van der Waals surface area (Å²) < 4.78 is 1.77. The van der Waals surface area contributed by atoms with Crippen molar-refractivity contribution >= 4 is 0 Å². The quantitative estimate of drug-likeness (QED) is 0.841. The lowest BCUT2D eigenvalue weighted by atomic mass is 9.84. The smallest absolute Gasteiger partial charge is 0.253 e. The van der Waals surface area contributed by atoms with E-state index in [-0.39, 0.29) is 5.56 Å². The Labute approximate surface area is 148 Å². The van der Waals surface area contributed by atoms with Crippen molar-refractivity contribution in [3.05, 3.63) is 47.3 Å². The normalized spacial score (nSPS) is 19.7. The van der Waals surface area contributed by atoms with Crippen LogP contribution in [-0.4, -0.2) is 39.1 Å². The van der Waals surface area contributed by atoms with Crippen LogP contribution in [0.15, 0.2) is 41.7 Å². The van der Waals surface area contributed by atoms with Crippen LogP contribution < -0.4 is 5.56 Å². The number of nitrogens with zero attached hydrogens (tertiary/aromatic N) is 4. The summed E-state index contributed by atoms with van der Waals surface area (Å²) in [5.41, 5.74) is 1.70. The van der Waals surface area contributed by atoms with E-state index in [4.69, 9.17) is 0 Å². The molecule has 132 valence electrons. The molecule has 4 rings (SSSR count). The van der Waals surface area contributed by atoms with Gasteiger partial charge in [-0.3, -0.25) is 14.3 Å². The molecule has 25 heavy (non-hydrogen) atoms. The number of rotatable bonds is 5. The Balaban J connectivity index is 1.34. The van der Waals surface area contributed by atoms with Gasteiger partial charge in [-0.2, -0.15) is 0 Å². The van der Waals surface area contributed by atoms with Gasteiger partial charge in [0, 0.05) is 37.1 Å². The summed E-state index contributed by atoms with van der Waals surface area (Å²) in [5.74, 6) is 1.54. The van der Waals surface area contributed by atoms with E-state index in [1.165, 1.54) is 51.7 Å². The second kappa shape index (κ2) is 7.48. The maximum absolute atomic E-state index is 12.4. The average Bonchev–Trinajstić information content (AvgIpc) is 2.62. The summed E-state index contributed by atoms with van der Waals surface area (Å²) in [6, 6.07) is 5.40. The van der Waals surface area contributed by atoms with Gasteiger partial charge in [0.05, 0.1) is 12.0 Å². The summed E-state index contributed by atoms with van der Waals surface area (Å²) in [6.07, 6.45) is 11.8. The van der Waals surface area contributed by atoms with Crippen LogP contribution in [0.4, 0.5) is 0 Å². The highest BCUT2D eigenvalue weighted by molar-refractivity contribution is 5.57. The van der Waals surface area contributed by atoms with Crippen LogP contribution in [0.25, 0.3) is 11.3 Å². The van der Waals surface area contributed by atoms with Crippen LogP contribution in [0, 0.1) is 11.8 Å². The minimum absolute atomic E-state index is 0.0405. The molecule has 0 N–H and O–H groups in total. The molecule has 5 nitrogen and oxygen atoms in total. The molecule has 0 radical (unpaired) electrons. The monoisotopic (exact) mass is 338 g/mol. The summed E-state index contributed by atoms with van der Waals surface area (Å²) in [4.78, 5) is 23.5. The Morgan fingerprint density at radius 3 is 2.36 bits per heavy atom. The fourth-order valence-electron chi connectivity index (χ4n) is 3.91. The molecule has 0 unspecified atom stereocenters. The molecule has 2 aromatic heterocycles. The Morgan fingerprint density at radius 2 is 1.72 bits per heavy atom. The predicted molar refractivity (Wildman–Crippen MR) is 98.2 cm³/mol. The zero-order valence-corrected chi connectivity index (χ0v) is 14.7. The van der Waals surface area contributed by atoms with Gasteiger partial charge in [0.25, 0.3) is 5.56 Å². The van der Waals surface area contributed by atoms with Crippen LogP contribution in [-0.2, 0) is 6.54 Å². The molecule has 0 atom stereocenters. The van der Waals surface area contributed by atoms with Gasteiger partial charge in [0.2, 0.25) is 0 Å². The van der Waals surface area contributed by atoms with Crippen LogP contribution in [0.5, 0.6) is 0 Å². The Morgan fingerprint density at radius 1 is 1.00 bits per heavy atom. The molecule has 1 aliphatic heterocycles. The van der Waals surface area contributed by atoms with E-state index in [1.807, 2.05) is 12.1 Å². The SMILES string of the molecule is O=c1cc(-c2ccncc2)ncn1CC1CCN(CC2CCC2)CC1. The molecule has 2 aromatic rings. The Bertz CT molecular complexity index is 746. The minimum atomic E-state index is 0.0405. The van der Waals surface area contributed by atoms with Crippen molar-refractivity contribution in [2.45, 2.75) is 38.6 Å². The number of pyridine rings is 1. The van der Waals surface area contributed by atoms with Crippen LogP contribution in [0.2, 0.25) is 0 Å². The number of hydrogen-bond acceptors (Lipinski definition) is 4. The summed E-state index contributed by atoms with van der Waals surface area (Å²) in [6.45, 7) is 4.44. The van der Waals surface area contributed by atoms with Gasteiger partial charge in [-0.25, -0.2) is 4.98 Å². The van der Waals surface area contributed by atoms with Crippen molar-refractivity contribution in [1.29, 1.82) is 0 Å². The molecule has 0 spiro atoms. The van der Waals surface area contributed by atoms with Crippen LogP contribution in [0.3, 0.4) is 0 Å². The number of hydrogen-bond donors (Lipinski definition) is 0. The molecule has 1 saturated carbocycles. The van der Waals surface area contributed by atoms with E-state index in [0.29, 0.717) is 5.92 Å². The van der Waals surface area contributed by atoms with Crippen molar-refractivity contribution in [3.63, 3.8) is 0 Å². The van der Waals surface area contributed by atoms with Crippen molar-refractivity contribution in [1.82, 2.24) is 19.4 Å². The van der Waals surface area contributed by atoms with Gasteiger partial charge < -0.3 is 4.90 Å². The average molecular weight is 338 g/mol. The van der Waals surface area contributed by atoms with Gasteiger partial charge >= 0.3 is 0 Å². The zero-order valence-electron chi connectivity index (χ0n) is 14.7. The van der Waals surface area contributed by atoms with E-state index in [1.54, 1.807) is 29.4 Å². The summed E-state index contributed by atoms with van der Waals surface area (Å²) in [7, 11) is 0. The van der Waals surface area contributed by atoms with Gasteiger partial charge in [-0.15, -0.1) is 0 Å². The molecular formula is C20H26N4O. The highest BCUT2D eigenvalue weighted by Crippen LogP contribution is 2.29. The van der Waals surface area contributed by atoms with E-state index in [9.17, 15) is 4.79 Å². The number of aromatic nitrogens is 3. The fourth-order valence-corrected chi connectivity index (χ4v) is 3.91. The van der Waals surface area contributed by atoms with Crippen molar-refractivity contribution in [2.75, 3.05) is 19.6 Å². The highest BCUT2D eigenvalue weighted by atomic mass is 16.1. The lowest BCUT2D eigenvalue weighted by Crippen LogP contribution is -2.40. The molecule has 1 aliphatic carbocycles. The van der Waals surface area contributed by atoms with Gasteiger partial charge in [0.1, 0.15) is 0 Å². The first kappa shape index (κ1) is 16.5. The maximum Gasteiger partial charge on any atom is 0.253 e. The molecular weight excluding hydrogens is 312 g/mol. The topological polar surface area (TPSA) is 51.0 Å². The van der Waals surface area contributed by atoms with Gasteiger partial charge in [-0.1, -0.05) is 6.42 Å². The second-order valence-electron chi connectivity index (χ2n) is 7.54. The first-order chi connectivity index (χ1) is 12.3. The molecule has 2 fully saturated rings. The third-order valence-electron chi connectivity index (χ3n) is 5.76. The van der Waals surface area contributed by atoms with Crippen LogP contribution >= 0.6 is 0 Å². The second-order valence-corrected chi connectivity index (χ2v) is 7.54. The molecule has 5 heteroatoms. The third kappa shape index (κ3) is 3.98. The minimum Gasteiger partial charge on any atom is -0.303 e. The standard InChI is InChI=1S/C20H26N4O/c25-20-12-19(18-4-8-21-9-5-18)22-15-24(20)14-17-6-10-23(11-7-17)13-16-2-1-3-16/h4-5,8-9,12,15-17H,1-3,6-7,10-11,13-14H2. The van der Waals surface area contributed by atoms with Crippen molar-refractivity contribution < 1.29 is 0 Å². The lowest BCUT2D eigenvalue weighted by Gasteiger charge is -2.37. The Kier molecular flexibility index (Phi) is 4.92. The molecule has 2 aliphatic rings. The summed E-state index contributed by atoms with van der Waals surface area (Å²) in [5, 5.41) is 0. The van der Waals surface area contributed by atoms with Crippen molar-refractivity contribution in [2.24, 2.45) is 11.8 Å². The first-order valence-electron chi connectivity index (χ1n) is 9.47. The Hall–Kier alpha value is -2.01. The van der Waals surface area contributed by atoms with Crippen molar-refractivity contribution in [3.8, 4) is 11.3 Å². The molecule has 3 heterocycles. The number of piperidine rings is 1. The van der Waals surface area contributed by atoms with E-state index in [2.05, 4.69) is 14.9 Å². The largest absolute Gasteiger partial charge is 0.303 e. The lowest BCUT2D eigenvalue weighted by molar-refractivity contribution is 0.125. The number of likely N-dealkylation sites (tertiary alicyclic amines) is 1. The maximum atomic E-state index is 12.4. The van der Waals surface area contributed by atoms with E-state index >= 15 is 0 Å². The predicted octanol–water partition coefficient (Wildman–Crippen LogP) is 2.82. The third-order valence-corrected chi connectivity index (χ3v) is 5.76.